The van der Waals surface area contributed by atoms with Gasteiger partial charge >= 0.3 is 11.7 Å². The Morgan fingerprint density at radius 2 is 1.36 bits per heavy atom. The van der Waals surface area contributed by atoms with Crippen LogP contribution < -0.4 is 25.5 Å². The van der Waals surface area contributed by atoms with E-state index < -0.39 is 17.2 Å². The van der Waals surface area contributed by atoms with E-state index in [1.54, 1.807) is 23.8 Å². The Morgan fingerprint density at radius 1 is 0.750 bits per heavy atom. The van der Waals surface area contributed by atoms with E-state index in [0.717, 1.165) is 21.3 Å². The summed E-state index contributed by atoms with van der Waals surface area (Å²) in [5, 5.41) is 0.0406. The van der Waals surface area contributed by atoms with Crippen LogP contribution in [-0.2, 0) is 47.5 Å². The molecule has 0 saturated carbocycles. The summed E-state index contributed by atoms with van der Waals surface area (Å²) in [6.07, 6.45) is 1.53. The summed E-state index contributed by atoms with van der Waals surface area (Å²) in [7, 11) is 3.10. The van der Waals surface area contributed by atoms with Gasteiger partial charge in [0.25, 0.3) is 5.56 Å². The Kier molecular flexibility index (Phi) is 9.58. The van der Waals surface area contributed by atoms with Crippen LogP contribution in [0.5, 0.6) is 17.2 Å². The maximum absolute atomic E-state index is 13.9. The van der Waals surface area contributed by atoms with Crippen molar-refractivity contribution in [1.29, 1.82) is 0 Å². The number of fused-ring (bicyclic) bond motifs is 1. The molecule has 0 spiro atoms. The van der Waals surface area contributed by atoms with Gasteiger partial charge in [0.1, 0.15) is 36.0 Å². The number of nitrogens with zero attached hydrogens (tertiary/aromatic N) is 3. The predicted molar refractivity (Wildman–Crippen MR) is 163 cm³/mol. The van der Waals surface area contributed by atoms with Crippen molar-refractivity contribution in [2.24, 2.45) is 0 Å². The smallest absolute Gasteiger partial charge is 0.336 e. The Labute approximate surface area is 253 Å². The lowest BCUT2D eigenvalue weighted by Crippen LogP contribution is -2.41. The van der Waals surface area contributed by atoms with Crippen LogP contribution in [0.1, 0.15) is 23.6 Å². The molecule has 0 N–H and O–H groups in total. The van der Waals surface area contributed by atoms with Gasteiger partial charge in [-0.15, -0.1) is 0 Å². The van der Waals surface area contributed by atoms with Crippen molar-refractivity contribution >= 4 is 17.0 Å². The van der Waals surface area contributed by atoms with Crippen molar-refractivity contribution in [3.05, 3.63) is 123 Å². The van der Waals surface area contributed by atoms with Gasteiger partial charge in [0.05, 0.1) is 34.0 Å². The monoisotopic (exact) mass is 599 g/mol. The molecule has 0 fully saturated rings. The fraction of sp³-hybridized carbons (Fsp3) is 0.242. The van der Waals surface area contributed by atoms with Crippen molar-refractivity contribution in [2.45, 2.75) is 40.1 Å². The molecule has 0 aliphatic heterocycles. The number of hydrogen-bond donors (Lipinski definition) is 0. The zero-order valence-electron chi connectivity index (χ0n) is 24.7. The second-order valence-corrected chi connectivity index (χ2v) is 9.96. The lowest BCUT2D eigenvalue weighted by Gasteiger charge is -2.16. The third-order valence-electron chi connectivity index (χ3n) is 6.94. The molecule has 0 saturated heterocycles. The van der Waals surface area contributed by atoms with Crippen molar-refractivity contribution in [1.82, 2.24) is 13.7 Å². The minimum Gasteiger partial charge on any atom is -0.497 e. The summed E-state index contributed by atoms with van der Waals surface area (Å²) in [4.78, 5) is 39.9. The van der Waals surface area contributed by atoms with E-state index in [9.17, 15) is 14.4 Å². The molecular weight excluding hydrogens is 566 g/mol. The molecule has 2 aromatic heterocycles. The normalized spacial score (nSPS) is 11.1. The van der Waals surface area contributed by atoms with E-state index in [-0.39, 0.29) is 50.0 Å². The van der Waals surface area contributed by atoms with Crippen LogP contribution in [0.4, 0.5) is 0 Å². The van der Waals surface area contributed by atoms with Gasteiger partial charge in [0.15, 0.2) is 5.75 Å². The summed E-state index contributed by atoms with van der Waals surface area (Å²) in [6.45, 7) is 1.32. The van der Waals surface area contributed by atoms with Crippen LogP contribution in [0.3, 0.4) is 0 Å². The van der Waals surface area contributed by atoms with E-state index in [1.807, 2.05) is 66.7 Å². The lowest BCUT2D eigenvalue weighted by molar-refractivity contribution is -0.131. The number of benzene rings is 3. The highest BCUT2D eigenvalue weighted by Gasteiger charge is 2.24. The molecule has 44 heavy (non-hydrogen) atoms. The van der Waals surface area contributed by atoms with Gasteiger partial charge in [-0.25, -0.2) is 9.36 Å². The summed E-state index contributed by atoms with van der Waals surface area (Å²) < 4.78 is 32.1. The van der Waals surface area contributed by atoms with Gasteiger partial charge in [0, 0.05) is 24.8 Å². The molecule has 5 rings (SSSR count). The predicted octanol–water partition coefficient (Wildman–Crippen LogP) is 4.30. The average Bonchev–Trinajstić information content (AvgIpc) is 3.38. The fourth-order valence-electron chi connectivity index (χ4n) is 4.88. The summed E-state index contributed by atoms with van der Waals surface area (Å²) in [5.74, 6) is 0.541. The molecule has 0 aliphatic rings. The van der Waals surface area contributed by atoms with Crippen LogP contribution in [0, 0.1) is 0 Å². The van der Waals surface area contributed by atoms with Gasteiger partial charge in [-0.2, -0.15) is 0 Å². The van der Waals surface area contributed by atoms with Crippen molar-refractivity contribution in [2.75, 3.05) is 14.2 Å². The number of rotatable bonds is 13. The van der Waals surface area contributed by atoms with Crippen molar-refractivity contribution in [3.63, 3.8) is 0 Å². The molecule has 0 unspecified atom stereocenters. The number of ether oxygens (including phenoxy) is 5. The minimum absolute atomic E-state index is 0.0126. The molecule has 0 bridgehead atoms. The summed E-state index contributed by atoms with van der Waals surface area (Å²) in [5.41, 5.74) is 1.46. The molecule has 0 aliphatic carbocycles. The molecule has 0 atom stereocenters. The van der Waals surface area contributed by atoms with E-state index in [1.165, 1.54) is 24.8 Å². The van der Waals surface area contributed by atoms with Gasteiger partial charge < -0.3 is 28.3 Å². The van der Waals surface area contributed by atoms with Crippen LogP contribution in [0.2, 0.25) is 0 Å². The van der Waals surface area contributed by atoms with Crippen molar-refractivity contribution < 1.29 is 28.5 Å². The molecule has 2 heterocycles. The Morgan fingerprint density at radius 3 is 1.93 bits per heavy atom. The second kappa shape index (κ2) is 13.9. The third kappa shape index (κ3) is 6.74. The van der Waals surface area contributed by atoms with E-state index in [0.29, 0.717) is 11.5 Å². The molecule has 228 valence electrons. The fourth-order valence-corrected chi connectivity index (χ4v) is 4.88. The summed E-state index contributed by atoms with van der Waals surface area (Å²) >= 11 is 0. The molecule has 11 nitrogen and oxygen atoms in total. The van der Waals surface area contributed by atoms with Gasteiger partial charge in [-0.1, -0.05) is 60.7 Å². The number of esters is 1. The van der Waals surface area contributed by atoms with Gasteiger partial charge in [0.2, 0.25) is 0 Å². The van der Waals surface area contributed by atoms with Gasteiger partial charge in [-0.3, -0.25) is 14.2 Å². The van der Waals surface area contributed by atoms with E-state index in [4.69, 9.17) is 23.7 Å². The second-order valence-electron chi connectivity index (χ2n) is 9.96. The SMILES string of the molecule is COc1ccc(Cn2cc(OC(C)=O)c3c(=O)n(COCc4ccccc4)c(=O)n(COCc4ccccc4)c32)c(OC)c1. The Bertz CT molecular complexity index is 1860. The van der Waals surface area contributed by atoms with Crippen molar-refractivity contribution in [3.8, 4) is 17.2 Å². The molecule has 5 aromatic rings. The van der Waals surface area contributed by atoms with E-state index >= 15 is 0 Å². The molecule has 11 heteroatoms. The first-order chi connectivity index (χ1) is 21.4. The quantitative estimate of drug-likeness (QED) is 0.184. The first-order valence-electron chi connectivity index (χ1n) is 13.9. The number of carbonyl (C=O) groups excluding carboxylic acids is 1. The summed E-state index contributed by atoms with van der Waals surface area (Å²) in [6, 6.07) is 24.3. The Hall–Kier alpha value is -5.13. The van der Waals surface area contributed by atoms with E-state index in [2.05, 4.69) is 0 Å². The average molecular weight is 600 g/mol. The first-order valence-corrected chi connectivity index (χ1v) is 13.9. The zero-order chi connectivity index (χ0) is 31.1. The maximum Gasteiger partial charge on any atom is 0.336 e. The van der Waals surface area contributed by atoms with Crippen LogP contribution in [0.15, 0.2) is 94.6 Å². The highest BCUT2D eigenvalue weighted by Crippen LogP contribution is 2.30. The van der Waals surface area contributed by atoms with Crippen LogP contribution in [0.25, 0.3) is 11.0 Å². The minimum atomic E-state index is -0.658. The zero-order valence-corrected chi connectivity index (χ0v) is 24.7. The number of aromatic nitrogens is 3. The first kappa shape index (κ1) is 30.3. The largest absolute Gasteiger partial charge is 0.497 e. The standard InChI is InChI=1S/C33H33N3O8/c1-23(37)44-29-18-34(17-26-14-15-27(40-2)16-28(26)41-3)31-30(29)32(38)36(22-43-20-25-12-8-5-9-13-25)33(39)35(31)21-42-19-24-10-6-4-7-11-24/h4-16,18H,17,19-22H2,1-3H3. The molecular formula is C33H33N3O8. The number of carbonyl (C=O) groups is 1. The van der Waals surface area contributed by atoms with Crippen LogP contribution in [-0.4, -0.2) is 33.9 Å². The highest BCUT2D eigenvalue weighted by atomic mass is 16.5. The molecule has 0 radical (unpaired) electrons. The highest BCUT2D eigenvalue weighted by molar-refractivity contribution is 5.86. The van der Waals surface area contributed by atoms with Gasteiger partial charge in [-0.05, 0) is 23.3 Å². The number of methoxy groups -OCH3 is 2. The maximum atomic E-state index is 13.9. The number of hydrogen-bond acceptors (Lipinski definition) is 8. The Balaban J connectivity index is 1.61. The third-order valence-corrected chi connectivity index (χ3v) is 6.94. The van der Waals surface area contributed by atoms with Crippen LogP contribution >= 0.6 is 0 Å². The topological polar surface area (TPSA) is 112 Å². The lowest BCUT2D eigenvalue weighted by atomic mass is 10.2. The molecule has 0 amide bonds. The molecule has 3 aromatic carbocycles.